The maximum atomic E-state index is 10.4. The van der Waals surface area contributed by atoms with Crippen LogP contribution in [0.2, 0.25) is 0 Å². The Balaban J connectivity index is 2.22. The SMILES string of the molecule is C=C1CCOC(C=CCOC(C)=O)C1. The largest absolute Gasteiger partial charge is 0.462 e. The molecule has 0 bridgehead atoms. The van der Waals surface area contributed by atoms with Gasteiger partial charge in [0, 0.05) is 6.92 Å². The maximum absolute atomic E-state index is 10.4. The number of rotatable bonds is 3. The summed E-state index contributed by atoms with van der Waals surface area (Å²) in [5, 5.41) is 0. The minimum atomic E-state index is -0.261. The molecule has 0 saturated carbocycles. The molecule has 1 unspecified atom stereocenters. The average Bonchev–Trinajstić information content (AvgIpc) is 2.12. The second-order valence-electron chi connectivity index (χ2n) is 3.34. The molecule has 3 nitrogen and oxygen atoms in total. The van der Waals surface area contributed by atoms with Gasteiger partial charge in [0.25, 0.3) is 0 Å². The van der Waals surface area contributed by atoms with Crippen LogP contribution in [0.1, 0.15) is 19.8 Å². The van der Waals surface area contributed by atoms with E-state index in [0.29, 0.717) is 6.61 Å². The van der Waals surface area contributed by atoms with Crippen molar-refractivity contribution in [3.63, 3.8) is 0 Å². The molecule has 0 aromatic carbocycles. The molecule has 0 aromatic rings. The molecule has 0 radical (unpaired) electrons. The molecule has 14 heavy (non-hydrogen) atoms. The van der Waals surface area contributed by atoms with E-state index in [2.05, 4.69) is 6.58 Å². The van der Waals surface area contributed by atoms with E-state index in [4.69, 9.17) is 9.47 Å². The first-order valence-electron chi connectivity index (χ1n) is 4.77. The van der Waals surface area contributed by atoms with Crippen molar-refractivity contribution in [2.24, 2.45) is 0 Å². The molecule has 3 heteroatoms. The Labute approximate surface area is 84.4 Å². The molecule has 0 aromatic heterocycles. The second kappa shape index (κ2) is 5.60. The summed E-state index contributed by atoms with van der Waals surface area (Å²) in [4.78, 5) is 10.4. The van der Waals surface area contributed by atoms with Crippen molar-refractivity contribution in [2.75, 3.05) is 13.2 Å². The van der Waals surface area contributed by atoms with Gasteiger partial charge < -0.3 is 9.47 Å². The molecule has 1 fully saturated rings. The Morgan fingerprint density at radius 2 is 2.57 bits per heavy atom. The molecular formula is C11H16O3. The van der Waals surface area contributed by atoms with Gasteiger partial charge in [0.15, 0.2) is 0 Å². The maximum Gasteiger partial charge on any atom is 0.302 e. The van der Waals surface area contributed by atoms with E-state index in [1.165, 1.54) is 12.5 Å². The molecule has 1 saturated heterocycles. The molecule has 1 rings (SSSR count). The fourth-order valence-electron chi connectivity index (χ4n) is 1.30. The van der Waals surface area contributed by atoms with Gasteiger partial charge in [-0.2, -0.15) is 0 Å². The van der Waals surface area contributed by atoms with Gasteiger partial charge in [0.05, 0.1) is 12.7 Å². The summed E-state index contributed by atoms with van der Waals surface area (Å²) in [5.41, 5.74) is 1.22. The van der Waals surface area contributed by atoms with E-state index < -0.39 is 0 Å². The van der Waals surface area contributed by atoms with Crippen molar-refractivity contribution >= 4 is 5.97 Å². The topological polar surface area (TPSA) is 35.5 Å². The highest BCUT2D eigenvalue weighted by Gasteiger charge is 2.12. The normalized spacial score (nSPS) is 22.6. The summed E-state index contributed by atoms with van der Waals surface area (Å²) in [5.74, 6) is -0.261. The van der Waals surface area contributed by atoms with Crippen LogP contribution in [0.3, 0.4) is 0 Å². The lowest BCUT2D eigenvalue weighted by Gasteiger charge is -2.21. The molecule has 78 valence electrons. The number of carbonyl (C=O) groups is 1. The van der Waals surface area contributed by atoms with Crippen molar-refractivity contribution < 1.29 is 14.3 Å². The third kappa shape index (κ3) is 4.23. The Hall–Kier alpha value is -1.09. The number of hydrogen-bond acceptors (Lipinski definition) is 3. The highest BCUT2D eigenvalue weighted by atomic mass is 16.5. The van der Waals surface area contributed by atoms with Gasteiger partial charge in [-0.1, -0.05) is 18.2 Å². The van der Waals surface area contributed by atoms with Crippen LogP contribution in [0.25, 0.3) is 0 Å². The Morgan fingerprint density at radius 3 is 3.21 bits per heavy atom. The van der Waals surface area contributed by atoms with E-state index in [1.807, 2.05) is 12.2 Å². The fourth-order valence-corrected chi connectivity index (χ4v) is 1.30. The number of carbonyl (C=O) groups excluding carboxylic acids is 1. The first kappa shape index (κ1) is 11.0. The average molecular weight is 196 g/mol. The summed E-state index contributed by atoms with van der Waals surface area (Å²) in [7, 11) is 0. The van der Waals surface area contributed by atoms with E-state index in [9.17, 15) is 4.79 Å². The highest BCUT2D eigenvalue weighted by molar-refractivity contribution is 5.65. The summed E-state index contributed by atoms with van der Waals surface area (Å²) in [6.07, 6.45) is 5.66. The zero-order valence-corrected chi connectivity index (χ0v) is 8.49. The Kier molecular flexibility index (Phi) is 4.40. The van der Waals surface area contributed by atoms with Crippen LogP contribution < -0.4 is 0 Å². The lowest BCUT2D eigenvalue weighted by molar-refractivity contribution is -0.139. The van der Waals surface area contributed by atoms with Crippen LogP contribution >= 0.6 is 0 Å². The molecule has 1 aliphatic rings. The van der Waals surface area contributed by atoms with Crippen LogP contribution in [-0.2, 0) is 14.3 Å². The number of esters is 1. The zero-order chi connectivity index (χ0) is 10.4. The lowest BCUT2D eigenvalue weighted by atomic mass is 10.0. The molecule has 1 aliphatic heterocycles. The van der Waals surface area contributed by atoms with E-state index in [0.717, 1.165) is 19.4 Å². The van der Waals surface area contributed by atoms with E-state index >= 15 is 0 Å². The summed E-state index contributed by atoms with van der Waals surface area (Å²) in [6.45, 7) is 6.38. The van der Waals surface area contributed by atoms with Gasteiger partial charge in [-0.25, -0.2) is 0 Å². The van der Waals surface area contributed by atoms with Crippen molar-refractivity contribution in [1.29, 1.82) is 0 Å². The third-order valence-corrected chi connectivity index (χ3v) is 2.01. The highest BCUT2D eigenvalue weighted by Crippen LogP contribution is 2.17. The standard InChI is InChI=1S/C11H16O3/c1-9-5-7-14-11(8-9)4-3-6-13-10(2)12/h3-4,11H,1,5-8H2,2H3. The van der Waals surface area contributed by atoms with Crippen LogP contribution in [-0.4, -0.2) is 25.3 Å². The first-order chi connectivity index (χ1) is 6.68. The minimum absolute atomic E-state index is 0.104. The number of ether oxygens (including phenoxy) is 2. The van der Waals surface area contributed by atoms with Crippen LogP contribution in [0.4, 0.5) is 0 Å². The van der Waals surface area contributed by atoms with Crippen LogP contribution in [0, 0.1) is 0 Å². The number of hydrogen-bond donors (Lipinski definition) is 0. The van der Waals surface area contributed by atoms with Gasteiger partial charge in [-0.3, -0.25) is 4.79 Å². The lowest BCUT2D eigenvalue weighted by Crippen LogP contribution is -2.18. The smallest absolute Gasteiger partial charge is 0.302 e. The molecule has 1 atom stereocenters. The molecule has 0 amide bonds. The summed E-state index contributed by atoms with van der Waals surface area (Å²) < 4.78 is 10.2. The van der Waals surface area contributed by atoms with E-state index in [1.54, 1.807) is 0 Å². The third-order valence-electron chi connectivity index (χ3n) is 2.01. The minimum Gasteiger partial charge on any atom is -0.462 e. The Bertz CT molecular complexity index is 243. The van der Waals surface area contributed by atoms with Crippen molar-refractivity contribution in [3.05, 3.63) is 24.3 Å². The quantitative estimate of drug-likeness (QED) is 0.510. The van der Waals surface area contributed by atoms with Gasteiger partial charge in [0.1, 0.15) is 6.61 Å². The monoisotopic (exact) mass is 196 g/mol. The van der Waals surface area contributed by atoms with Gasteiger partial charge in [-0.05, 0) is 18.9 Å². The molecule has 1 heterocycles. The van der Waals surface area contributed by atoms with Crippen molar-refractivity contribution in [2.45, 2.75) is 25.9 Å². The fraction of sp³-hybridized carbons (Fsp3) is 0.545. The first-order valence-corrected chi connectivity index (χ1v) is 4.77. The predicted octanol–water partition coefficient (Wildman–Crippen LogP) is 1.84. The Morgan fingerprint density at radius 1 is 1.79 bits per heavy atom. The van der Waals surface area contributed by atoms with E-state index in [-0.39, 0.29) is 12.1 Å². The van der Waals surface area contributed by atoms with Gasteiger partial charge in [0.2, 0.25) is 0 Å². The van der Waals surface area contributed by atoms with Crippen LogP contribution in [0.15, 0.2) is 24.3 Å². The van der Waals surface area contributed by atoms with Crippen LogP contribution in [0.5, 0.6) is 0 Å². The predicted molar refractivity (Wildman–Crippen MR) is 53.9 cm³/mol. The van der Waals surface area contributed by atoms with Crippen molar-refractivity contribution in [3.8, 4) is 0 Å². The van der Waals surface area contributed by atoms with Gasteiger partial charge in [-0.15, -0.1) is 0 Å². The second-order valence-corrected chi connectivity index (χ2v) is 3.34. The zero-order valence-electron chi connectivity index (χ0n) is 8.49. The molecule has 0 N–H and O–H groups in total. The molecule has 0 aliphatic carbocycles. The summed E-state index contributed by atoms with van der Waals surface area (Å²) >= 11 is 0. The summed E-state index contributed by atoms with van der Waals surface area (Å²) in [6, 6.07) is 0. The van der Waals surface area contributed by atoms with Crippen molar-refractivity contribution in [1.82, 2.24) is 0 Å². The molecule has 0 spiro atoms. The molecular weight excluding hydrogens is 180 g/mol. The van der Waals surface area contributed by atoms with Gasteiger partial charge >= 0.3 is 5.97 Å².